The van der Waals surface area contributed by atoms with Gasteiger partial charge in [-0.2, -0.15) is 0 Å². The van der Waals surface area contributed by atoms with Crippen LogP contribution in [-0.4, -0.2) is 24.3 Å². The number of rotatable bonds is 6. The highest BCUT2D eigenvalue weighted by Crippen LogP contribution is 2.23. The van der Waals surface area contributed by atoms with Crippen LogP contribution in [0.1, 0.15) is 29.3 Å². The van der Waals surface area contributed by atoms with Gasteiger partial charge in [-0.1, -0.05) is 13.0 Å². The van der Waals surface area contributed by atoms with Crippen LogP contribution in [0.2, 0.25) is 0 Å². The fourth-order valence-corrected chi connectivity index (χ4v) is 4.23. The molecular weight excluding hydrogens is 332 g/mol. The second kappa shape index (κ2) is 6.80. The lowest BCUT2D eigenvalue weighted by atomic mass is 10.1. The Labute approximate surface area is 131 Å². The van der Waals surface area contributed by atoms with Gasteiger partial charge in [-0.15, -0.1) is 11.3 Å². The molecule has 2 rings (SSSR count). The Morgan fingerprint density at radius 3 is 2.50 bits per heavy atom. The predicted octanol–water partition coefficient (Wildman–Crippen LogP) is 2.63. The Kier molecular flexibility index (Phi) is 5.25. The molecule has 0 radical (unpaired) electrons. The zero-order valence-electron chi connectivity index (χ0n) is 11.8. The van der Waals surface area contributed by atoms with Gasteiger partial charge in [-0.25, -0.2) is 22.2 Å². The zero-order valence-corrected chi connectivity index (χ0v) is 13.4. The molecule has 1 aromatic heterocycles. The number of aromatic nitrogens is 1. The van der Waals surface area contributed by atoms with Crippen molar-refractivity contribution >= 4 is 21.2 Å². The van der Waals surface area contributed by atoms with Gasteiger partial charge in [0.25, 0.3) is 0 Å². The van der Waals surface area contributed by atoms with E-state index < -0.39 is 38.9 Å². The summed E-state index contributed by atoms with van der Waals surface area (Å²) < 4.78 is 51.2. The molecule has 1 aromatic carbocycles. The van der Waals surface area contributed by atoms with E-state index in [-0.39, 0.29) is 5.75 Å². The molecule has 22 heavy (non-hydrogen) atoms. The Hall–Kier alpha value is -1.38. The topological polar surface area (TPSA) is 67.3 Å². The van der Waals surface area contributed by atoms with Gasteiger partial charge < -0.3 is 5.11 Å². The number of aliphatic hydroxyl groups is 1. The van der Waals surface area contributed by atoms with Crippen molar-refractivity contribution in [3.05, 3.63) is 51.5 Å². The Morgan fingerprint density at radius 1 is 1.32 bits per heavy atom. The van der Waals surface area contributed by atoms with Crippen molar-refractivity contribution in [2.75, 3.05) is 5.75 Å². The summed E-state index contributed by atoms with van der Waals surface area (Å²) in [5.41, 5.74) is -0.248. The van der Waals surface area contributed by atoms with E-state index in [0.717, 1.165) is 23.2 Å². The van der Waals surface area contributed by atoms with Crippen LogP contribution < -0.4 is 0 Å². The van der Waals surface area contributed by atoms with E-state index in [0.29, 0.717) is 12.1 Å². The van der Waals surface area contributed by atoms with Crippen LogP contribution in [-0.2, 0) is 22.0 Å². The largest absolute Gasteiger partial charge is 0.387 e. The van der Waals surface area contributed by atoms with Gasteiger partial charge in [0.05, 0.1) is 33.9 Å². The first-order valence-electron chi connectivity index (χ1n) is 6.58. The smallest absolute Gasteiger partial charge is 0.158 e. The lowest BCUT2D eigenvalue weighted by molar-refractivity contribution is 0.191. The summed E-state index contributed by atoms with van der Waals surface area (Å²) in [5, 5.41) is 12.3. The minimum absolute atomic E-state index is 0.364. The van der Waals surface area contributed by atoms with Crippen LogP contribution in [0.5, 0.6) is 0 Å². The van der Waals surface area contributed by atoms with Crippen molar-refractivity contribution in [1.29, 1.82) is 0 Å². The van der Waals surface area contributed by atoms with E-state index in [1.165, 1.54) is 11.3 Å². The molecule has 0 fully saturated rings. The van der Waals surface area contributed by atoms with Gasteiger partial charge in [-0.05, 0) is 18.6 Å². The predicted molar refractivity (Wildman–Crippen MR) is 80.3 cm³/mol. The molecule has 0 amide bonds. The van der Waals surface area contributed by atoms with E-state index in [9.17, 15) is 22.3 Å². The van der Waals surface area contributed by atoms with Crippen molar-refractivity contribution in [3.63, 3.8) is 0 Å². The van der Waals surface area contributed by atoms with Crippen LogP contribution in [0, 0.1) is 11.6 Å². The number of benzene rings is 1. The van der Waals surface area contributed by atoms with Crippen LogP contribution >= 0.6 is 11.3 Å². The lowest BCUT2D eigenvalue weighted by Gasteiger charge is -2.12. The van der Waals surface area contributed by atoms with Gasteiger partial charge in [0.2, 0.25) is 0 Å². The molecular formula is C14H15F2NO3S2. The van der Waals surface area contributed by atoms with Crippen molar-refractivity contribution < 1.29 is 22.3 Å². The lowest BCUT2D eigenvalue weighted by Crippen LogP contribution is -2.18. The van der Waals surface area contributed by atoms with Crippen LogP contribution in [0.4, 0.5) is 8.78 Å². The quantitative estimate of drug-likeness (QED) is 0.872. The summed E-state index contributed by atoms with van der Waals surface area (Å²) in [6.45, 7) is 1.90. The summed E-state index contributed by atoms with van der Waals surface area (Å²) in [5.74, 6) is -3.06. The van der Waals surface area contributed by atoms with Gasteiger partial charge in [0.1, 0.15) is 11.6 Å². The Balaban J connectivity index is 2.14. The molecule has 0 saturated carbocycles. The second-order valence-corrected chi connectivity index (χ2v) is 7.84. The first kappa shape index (κ1) is 17.0. The minimum atomic E-state index is -3.75. The molecule has 120 valence electrons. The SMILES string of the molecule is CCc1nc(CS(=O)(=O)CC(O)c2c(F)cccc2F)cs1. The molecule has 0 saturated heterocycles. The molecule has 0 bridgehead atoms. The van der Waals surface area contributed by atoms with Crippen molar-refractivity contribution in [2.45, 2.75) is 25.2 Å². The average Bonchev–Trinajstić information content (AvgIpc) is 2.84. The number of thiazole rings is 1. The minimum Gasteiger partial charge on any atom is -0.387 e. The molecule has 0 aliphatic carbocycles. The number of nitrogens with zero attached hydrogens (tertiary/aromatic N) is 1. The molecule has 1 heterocycles. The Morgan fingerprint density at radius 2 is 1.95 bits per heavy atom. The third-order valence-electron chi connectivity index (χ3n) is 3.01. The first-order chi connectivity index (χ1) is 10.3. The average molecular weight is 347 g/mol. The van der Waals surface area contributed by atoms with Crippen molar-refractivity contribution in [2.24, 2.45) is 0 Å². The normalized spacial score (nSPS) is 13.3. The van der Waals surface area contributed by atoms with Gasteiger partial charge in [0, 0.05) is 5.38 Å². The third-order valence-corrected chi connectivity index (χ3v) is 5.62. The maximum absolute atomic E-state index is 13.5. The van der Waals surface area contributed by atoms with Crippen LogP contribution in [0.25, 0.3) is 0 Å². The van der Waals surface area contributed by atoms with Crippen LogP contribution in [0.15, 0.2) is 23.6 Å². The Bertz CT molecular complexity index is 739. The number of hydrogen-bond donors (Lipinski definition) is 1. The van der Waals surface area contributed by atoms with Crippen molar-refractivity contribution in [3.8, 4) is 0 Å². The molecule has 8 heteroatoms. The molecule has 0 spiro atoms. The highest BCUT2D eigenvalue weighted by molar-refractivity contribution is 7.90. The zero-order chi connectivity index (χ0) is 16.3. The maximum atomic E-state index is 13.5. The highest BCUT2D eigenvalue weighted by atomic mass is 32.2. The molecule has 0 aliphatic rings. The van der Waals surface area contributed by atoms with Crippen LogP contribution in [0.3, 0.4) is 0 Å². The number of sulfone groups is 1. The fourth-order valence-electron chi connectivity index (χ4n) is 2.01. The maximum Gasteiger partial charge on any atom is 0.158 e. The van der Waals surface area contributed by atoms with E-state index in [2.05, 4.69) is 4.98 Å². The third kappa shape index (κ3) is 4.08. The van der Waals surface area contributed by atoms with E-state index >= 15 is 0 Å². The van der Waals surface area contributed by atoms with E-state index in [1.807, 2.05) is 6.92 Å². The number of hydrogen-bond acceptors (Lipinski definition) is 5. The number of aryl methyl sites for hydroxylation is 1. The van der Waals surface area contributed by atoms with E-state index in [1.54, 1.807) is 5.38 Å². The molecule has 1 atom stereocenters. The molecule has 2 aromatic rings. The number of aliphatic hydroxyl groups excluding tert-OH is 1. The van der Waals surface area contributed by atoms with Gasteiger partial charge >= 0.3 is 0 Å². The molecule has 1 N–H and O–H groups in total. The summed E-state index contributed by atoms with van der Waals surface area (Å²) in [6, 6.07) is 3.10. The first-order valence-corrected chi connectivity index (χ1v) is 9.28. The summed E-state index contributed by atoms with van der Waals surface area (Å²) in [7, 11) is -3.75. The second-order valence-electron chi connectivity index (χ2n) is 4.79. The van der Waals surface area contributed by atoms with Gasteiger partial charge in [0.15, 0.2) is 9.84 Å². The fraction of sp³-hybridized carbons (Fsp3) is 0.357. The number of halogens is 2. The monoisotopic (exact) mass is 347 g/mol. The summed E-state index contributed by atoms with van der Waals surface area (Å²) in [6.07, 6.45) is -1.05. The summed E-state index contributed by atoms with van der Waals surface area (Å²) in [4.78, 5) is 4.14. The highest BCUT2D eigenvalue weighted by Gasteiger charge is 2.25. The molecule has 0 aliphatic heterocycles. The molecule has 1 unspecified atom stereocenters. The van der Waals surface area contributed by atoms with Gasteiger partial charge in [-0.3, -0.25) is 0 Å². The van der Waals surface area contributed by atoms with E-state index in [4.69, 9.17) is 0 Å². The molecule has 4 nitrogen and oxygen atoms in total. The van der Waals surface area contributed by atoms with Crippen molar-refractivity contribution in [1.82, 2.24) is 4.98 Å². The standard InChI is InChI=1S/C14H15F2NO3S2/c1-2-13-17-9(6-21-13)7-22(19,20)8-12(18)14-10(15)4-3-5-11(14)16/h3-6,12,18H,2,7-8H2,1H3. The summed E-state index contributed by atoms with van der Waals surface area (Å²) >= 11 is 1.35.